The van der Waals surface area contributed by atoms with E-state index in [0.29, 0.717) is 17.7 Å². The Hall–Kier alpha value is -1.36. The highest BCUT2D eigenvalue weighted by molar-refractivity contribution is 5.13. The van der Waals surface area contributed by atoms with Crippen LogP contribution in [-0.2, 0) is 0 Å². The molecule has 5 nitrogen and oxygen atoms in total. The van der Waals surface area contributed by atoms with Crippen molar-refractivity contribution in [2.45, 2.75) is 18.9 Å². The summed E-state index contributed by atoms with van der Waals surface area (Å²) in [5.74, 6) is 1.60. The fraction of sp³-hybridized carbons (Fsp3) is 0.600. The first-order chi connectivity index (χ1) is 7.31. The normalized spacial score (nSPS) is 24.4. The molecule has 15 heavy (non-hydrogen) atoms. The van der Waals surface area contributed by atoms with E-state index in [0.717, 1.165) is 19.4 Å². The van der Waals surface area contributed by atoms with Crippen LogP contribution in [-0.4, -0.2) is 29.7 Å². The van der Waals surface area contributed by atoms with Crippen molar-refractivity contribution in [3.05, 3.63) is 12.4 Å². The summed E-state index contributed by atoms with van der Waals surface area (Å²) in [6, 6.07) is 0. The highest BCUT2D eigenvalue weighted by atomic mass is 16.5. The summed E-state index contributed by atoms with van der Waals surface area (Å²) in [7, 11) is 1.56. The molecule has 1 heterocycles. The van der Waals surface area contributed by atoms with Crippen molar-refractivity contribution in [1.29, 1.82) is 0 Å². The minimum Gasteiger partial charge on any atom is -0.480 e. The maximum Gasteiger partial charge on any atom is 0.235 e. The lowest BCUT2D eigenvalue weighted by Crippen LogP contribution is -2.37. The van der Waals surface area contributed by atoms with Crippen molar-refractivity contribution in [3.8, 4) is 11.8 Å². The summed E-state index contributed by atoms with van der Waals surface area (Å²) in [4.78, 5) is 8.09. The molecule has 1 aliphatic carbocycles. The van der Waals surface area contributed by atoms with Crippen LogP contribution in [0.3, 0.4) is 0 Å². The average molecular weight is 209 g/mol. The van der Waals surface area contributed by atoms with E-state index in [9.17, 15) is 0 Å². The molecule has 1 aromatic heterocycles. The Morgan fingerprint density at radius 3 is 2.80 bits per heavy atom. The van der Waals surface area contributed by atoms with Gasteiger partial charge in [-0.2, -0.15) is 4.98 Å². The third-order valence-electron chi connectivity index (χ3n) is 2.61. The minimum atomic E-state index is 0.236. The van der Waals surface area contributed by atoms with Crippen LogP contribution in [0.4, 0.5) is 0 Å². The quantitative estimate of drug-likeness (QED) is 0.786. The third-order valence-corrected chi connectivity index (χ3v) is 2.61. The average Bonchev–Trinajstić information content (AvgIpc) is 2.23. The standard InChI is InChI=1S/C10H15N3O2/c1-14-9-5-12-6-10(13-9)15-8-2-7(3-8)4-11/h5-8H,2-4,11H2,1H3. The number of nitrogens with two attached hydrogens (primary N) is 1. The molecule has 1 fully saturated rings. The highest BCUT2D eigenvalue weighted by Crippen LogP contribution is 2.29. The second-order valence-electron chi connectivity index (χ2n) is 3.71. The SMILES string of the molecule is COc1cncc(OC2CC(CN)C2)n1. The molecule has 2 rings (SSSR count). The van der Waals surface area contributed by atoms with E-state index in [1.807, 2.05) is 0 Å². The van der Waals surface area contributed by atoms with E-state index in [-0.39, 0.29) is 6.10 Å². The molecule has 0 unspecified atom stereocenters. The molecule has 0 amide bonds. The number of rotatable bonds is 4. The van der Waals surface area contributed by atoms with Crippen LogP contribution in [0.1, 0.15) is 12.8 Å². The van der Waals surface area contributed by atoms with Gasteiger partial charge in [-0.3, -0.25) is 4.98 Å². The number of hydrogen-bond donors (Lipinski definition) is 1. The van der Waals surface area contributed by atoms with Gasteiger partial charge in [0.25, 0.3) is 0 Å². The topological polar surface area (TPSA) is 70.3 Å². The summed E-state index contributed by atoms with van der Waals surface area (Å²) in [6.45, 7) is 0.740. The summed E-state index contributed by atoms with van der Waals surface area (Å²) >= 11 is 0. The molecule has 0 radical (unpaired) electrons. The Bertz CT molecular complexity index is 326. The van der Waals surface area contributed by atoms with Gasteiger partial charge in [0.05, 0.1) is 19.5 Å². The predicted molar refractivity (Wildman–Crippen MR) is 54.8 cm³/mol. The molecule has 1 saturated carbocycles. The Kier molecular flexibility index (Phi) is 3.01. The molecular formula is C10H15N3O2. The van der Waals surface area contributed by atoms with E-state index in [2.05, 4.69) is 9.97 Å². The molecular weight excluding hydrogens is 194 g/mol. The zero-order chi connectivity index (χ0) is 10.7. The molecule has 0 atom stereocenters. The van der Waals surface area contributed by atoms with Gasteiger partial charge >= 0.3 is 0 Å². The van der Waals surface area contributed by atoms with Crippen LogP contribution in [0.2, 0.25) is 0 Å². The largest absolute Gasteiger partial charge is 0.480 e. The monoisotopic (exact) mass is 209 g/mol. The van der Waals surface area contributed by atoms with Gasteiger partial charge in [0.15, 0.2) is 0 Å². The first-order valence-corrected chi connectivity index (χ1v) is 5.04. The van der Waals surface area contributed by atoms with Gasteiger partial charge in [-0.1, -0.05) is 0 Å². The van der Waals surface area contributed by atoms with Crippen molar-refractivity contribution in [1.82, 2.24) is 9.97 Å². The van der Waals surface area contributed by atoms with Gasteiger partial charge in [-0.25, -0.2) is 0 Å². The van der Waals surface area contributed by atoms with Crippen molar-refractivity contribution in [3.63, 3.8) is 0 Å². The number of methoxy groups -OCH3 is 1. The van der Waals surface area contributed by atoms with Crippen molar-refractivity contribution in [2.24, 2.45) is 11.7 Å². The molecule has 0 aliphatic heterocycles. The van der Waals surface area contributed by atoms with E-state index >= 15 is 0 Å². The van der Waals surface area contributed by atoms with Gasteiger partial charge < -0.3 is 15.2 Å². The first kappa shape index (κ1) is 10.2. The number of hydrogen-bond acceptors (Lipinski definition) is 5. The fourth-order valence-electron chi connectivity index (χ4n) is 1.62. The van der Waals surface area contributed by atoms with Gasteiger partial charge in [0.1, 0.15) is 6.10 Å². The van der Waals surface area contributed by atoms with Crippen molar-refractivity contribution in [2.75, 3.05) is 13.7 Å². The van der Waals surface area contributed by atoms with Gasteiger partial charge in [0.2, 0.25) is 11.8 Å². The van der Waals surface area contributed by atoms with Crippen LogP contribution in [0.25, 0.3) is 0 Å². The van der Waals surface area contributed by atoms with Crippen molar-refractivity contribution >= 4 is 0 Å². The Morgan fingerprint density at radius 2 is 2.13 bits per heavy atom. The van der Waals surface area contributed by atoms with Crippen LogP contribution < -0.4 is 15.2 Å². The zero-order valence-electron chi connectivity index (χ0n) is 8.72. The first-order valence-electron chi connectivity index (χ1n) is 5.04. The van der Waals surface area contributed by atoms with E-state index in [1.54, 1.807) is 19.5 Å². The molecule has 2 N–H and O–H groups in total. The number of nitrogens with zero attached hydrogens (tertiary/aromatic N) is 2. The van der Waals surface area contributed by atoms with Crippen LogP contribution in [0.5, 0.6) is 11.8 Å². The lowest BCUT2D eigenvalue weighted by molar-refractivity contribution is 0.0639. The second-order valence-corrected chi connectivity index (χ2v) is 3.71. The summed E-state index contributed by atoms with van der Waals surface area (Å²) < 4.78 is 10.6. The van der Waals surface area contributed by atoms with Gasteiger partial charge in [-0.05, 0) is 25.3 Å². The molecule has 0 saturated heterocycles. The summed E-state index contributed by atoms with van der Waals surface area (Å²) in [6.07, 6.45) is 5.40. The summed E-state index contributed by atoms with van der Waals surface area (Å²) in [5, 5.41) is 0. The van der Waals surface area contributed by atoms with E-state index in [1.165, 1.54) is 0 Å². The number of ether oxygens (including phenoxy) is 2. The smallest absolute Gasteiger partial charge is 0.235 e. The number of aromatic nitrogens is 2. The van der Waals surface area contributed by atoms with Gasteiger partial charge in [-0.15, -0.1) is 0 Å². The molecule has 5 heteroatoms. The Morgan fingerprint density at radius 1 is 1.40 bits per heavy atom. The fourth-order valence-corrected chi connectivity index (χ4v) is 1.62. The van der Waals surface area contributed by atoms with E-state index < -0.39 is 0 Å². The predicted octanol–water partition coefficient (Wildman–Crippen LogP) is 0.601. The lowest BCUT2D eigenvalue weighted by Gasteiger charge is -2.33. The van der Waals surface area contributed by atoms with Crippen LogP contribution >= 0.6 is 0 Å². The zero-order valence-corrected chi connectivity index (χ0v) is 8.72. The Balaban J connectivity index is 1.88. The highest BCUT2D eigenvalue weighted by Gasteiger charge is 2.29. The molecule has 1 aliphatic rings. The van der Waals surface area contributed by atoms with Crippen molar-refractivity contribution < 1.29 is 9.47 Å². The maximum atomic E-state index is 5.62. The molecule has 1 aromatic rings. The third kappa shape index (κ3) is 2.36. The maximum absolute atomic E-state index is 5.62. The van der Waals surface area contributed by atoms with Crippen LogP contribution in [0.15, 0.2) is 12.4 Å². The molecule has 82 valence electrons. The summed E-state index contributed by atoms with van der Waals surface area (Å²) in [5.41, 5.74) is 5.53. The minimum absolute atomic E-state index is 0.236. The lowest BCUT2D eigenvalue weighted by atomic mass is 9.82. The molecule has 0 aromatic carbocycles. The Labute approximate surface area is 88.6 Å². The van der Waals surface area contributed by atoms with Gasteiger partial charge in [0, 0.05) is 0 Å². The van der Waals surface area contributed by atoms with Crippen LogP contribution in [0, 0.1) is 5.92 Å². The molecule has 0 spiro atoms. The van der Waals surface area contributed by atoms with E-state index in [4.69, 9.17) is 15.2 Å². The second kappa shape index (κ2) is 4.44. The molecule has 0 bridgehead atoms.